The lowest BCUT2D eigenvalue weighted by molar-refractivity contribution is -0.113. The zero-order valence-corrected chi connectivity index (χ0v) is 9.50. The van der Waals surface area contributed by atoms with Gasteiger partial charge < -0.3 is 5.11 Å². The van der Waals surface area contributed by atoms with Gasteiger partial charge in [0.05, 0.1) is 4.91 Å². The van der Waals surface area contributed by atoms with E-state index in [1.165, 1.54) is 0 Å². The van der Waals surface area contributed by atoms with Gasteiger partial charge in [-0.25, -0.2) is 0 Å². The third-order valence-corrected chi connectivity index (χ3v) is 2.87. The maximum absolute atomic E-state index is 11.0. The van der Waals surface area contributed by atoms with E-state index in [4.69, 9.17) is 5.11 Å². The molecule has 15 heavy (non-hydrogen) atoms. The molecule has 0 fully saturated rings. The third kappa shape index (κ3) is 5.09. The summed E-state index contributed by atoms with van der Waals surface area (Å²) >= 11 is 1.16. The molecule has 4 nitrogen and oxygen atoms in total. The third-order valence-electron chi connectivity index (χ3n) is 2.17. The first kappa shape index (κ1) is 12.4. The SMILES string of the molecule is O=C1N=NSC1=CCCCCCCCO. The first-order valence-corrected chi connectivity index (χ1v) is 6.05. The van der Waals surface area contributed by atoms with Crippen molar-refractivity contribution >= 4 is 17.9 Å². The Morgan fingerprint density at radius 3 is 2.60 bits per heavy atom. The van der Waals surface area contributed by atoms with E-state index in [-0.39, 0.29) is 12.5 Å². The molecule has 0 aliphatic carbocycles. The van der Waals surface area contributed by atoms with E-state index in [9.17, 15) is 4.79 Å². The van der Waals surface area contributed by atoms with Gasteiger partial charge in [-0.2, -0.15) is 0 Å². The number of allylic oxidation sites excluding steroid dienone is 1. The summed E-state index contributed by atoms with van der Waals surface area (Å²) in [6.45, 7) is 0.290. The van der Waals surface area contributed by atoms with Gasteiger partial charge in [0.25, 0.3) is 0 Å². The van der Waals surface area contributed by atoms with Gasteiger partial charge in [-0.05, 0) is 19.3 Å². The van der Waals surface area contributed by atoms with Crippen LogP contribution in [0.25, 0.3) is 0 Å². The molecule has 0 saturated carbocycles. The number of nitrogens with zero attached hydrogens (tertiary/aromatic N) is 2. The molecule has 84 valence electrons. The van der Waals surface area contributed by atoms with Gasteiger partial charge in [0, 0.05) is 18.6 Å². The molecule has 1 rings (SSSR count). The lowest BCUT2D eigenvalue weighted by atomic mass is 10.1. The maximum atomic E-state index is 11.0. The normalized spacial score (nSPS) is 17.9. The summed E-state index contributed by atoms with van der Waals surface area (Å²) in [6, 6.07) is 0. The molecule has 1 amide bonds. The van der Waals surface area contributed by atoms with E-state index in [0.717, 1.165) is 50.5 Å². The van der Waals surface area contributed by atoms with Crippen LogP contribution in [0, 0.1) is 0 Å². The lowest BCUT2D eigenvalue weighted by Crippen LogP contribution is -1.88. The van der Waals surface area contributed by atoms with E-state index in [0.29, 0.717) is 4.91 Å². The molecule has 0 aromatic rings. The molecule has 0 atom stereocenters. The number of rotatable bonds is 7. The Hall–Kier alpha value is -0.680. The molecule has 0 aromatic carbocycles. The molecular formula is C10H16N2O2S. The standard InChI is InChI=1S/C10H16N2O2S/c13-8-6-4-2-1-3-5-7-9-10(14)11-12-15-9/h7,13H,1-6,8H2. The van der Waals surface area contributed by atoms with Crippen LogP contribution in [-0.2, 0) is 4.79 Å². The van der Waals surface area contributed by atoms with Gasteiger partial charge in [-0.1, -0.05) is 30.5 Å². The highest BCUT2D eigenvalue weighted by Gasteiger charge is 2.14. The van der Waals surface area contributed by atoms with E-state index in [1.54, 1.807) is 0 Å². The van der Waals surface area contributed by atoms with Crippen LogP contribution >= 0.6 is 11.9 Å². The van der Waals surface area contributed by atoms with Crippen molar-refractivity contribution in [2.24, 2.45) is 9.63 Å². The highest BCUT2D eigenvalue weighted by molar-refractivity contribution is 8.03. The summed E-state index contributed by atoms with van der Waals surface area (Å²) in [5.41, 5.74) is 0. The average Bonchev–Trinajstić information content (AvgIpc) is 2.63. The van der Waals surface area contributed by atoms with Gasteiger partial charge in [0.15, 0.2) is 0 Å². The summed E-state index contributed by atoms with van der Waals surface area (Å²) in [5.74, 6) is -0.208. The minimum Gasteiger partial charge on any atom is -0.396 e. The molecule has 1 aliphatic rings. The molecule has 1 aliphatic heterocycles. The number of amides is 1. The average molecular weight is 228 g/mol. The van der Waals surface area contributed by atoms with Crippen LogP contribution in [0.2, 0.25) is 0 Å². The summed E-state index contributed by atoms with van der Waals surface area (Å²) < 4.78 is 3.58. The Morgan fingerprint density at radius 2 is 1.93 bits per heavy atom. The van der Waals surface area contributed by atoms with Crippen molar-refractivity contribution in [3.8, 4) is 0 Å². The van der Waals surface area contributed by atoms with Crippen molar-refractivity contribution < 1.29 is 9.90 Å². The van der Waals surface area contributed by atoms with Crippen molar-refractivity contribution in [2.45, 2.75) is 38.5 Å². The second-order valence-corrected chi connectivity index (χ2v) is 4.21. The minimum absolute atomic E-state index is 0.208. The van der Waals surface area contributed by atoms with Gasteiger partial charge in [0.2, 0.25) is 0 Å². The van der Waals surface area contributed by atoms with Crippen LogP contribution in [0.3, 0.4) is 0 Å². The molecule has 5 heteroatoms. The molecule has 0 aromatic heterocycles. The summed E-state index contributed by atoms with van der Waals surface area (Å²) in [6.07, 6.45) is 8.20. The summed E-state index contributed by atoms with van der Waals surface area (Å²) in [4.78, 5) is 11.7. The molecule has 0 unspecified atom stereocenters. The number of hydrogen-bond acceptors (Lipinski definition) is 4. The molecule has 0 radical (unpaired) electrons. The fraction of sp³-hybridized carbons (Fsp3) is 0.700. The Bertz CT molecular complexity index is 264. The minimum atomic E-state index is -0.208. The van der Waals surface area contributed by atoms with E-state index in [1.807, 2.05) is 6.08 Å². The number of carbonyl (C=O) groups is 1. The van der Waals surface area contributed by atoms with Gasteiger partial charge >= 0.3 is 5.91 Å². The number of aliphatic hydroxyl groups is 1. The van der Waals surface area contributed by atoms with Crippen LogP contribution in [0.4, 0.5) is 0 Å². The van der Waals surface area contributed by atoms with Gasteiger partial charge in [-0.15, -0.1) is 4.52 Å². The summed E-state index contributed by atoms with van der Waals surface area (Å²) in [7, 11) is 0. The Labute approximate surface area is 94.0 Å². The Balaban J connectivity index is 1.99. The molecule has 0 spiro atoms. The lowest BCUT2D eigenvalue weighted by Gasteiger charge is -1.97. The molecular weight excluding hydrogens is 212 g/mol. The van der Waals surface area contributed by atoms with Crippen LogP contribution < -0.4 is 0 Å². The summed E-state index contributed by atoms with van der Waals surface area (Å²) in [5, 5.41) is 12.0. The van der Waals surface area contributed by atoms with Crippen molar-refractivity contribution in [2.75, 3.05) is 6.61 Å². The van der Waals surface area contributed by atoms with Crippen LogP contribution in [0.15, 0.2) is 20.6 Å². The first-order chi connectivity index (χ1) is 7.34. The van der Waals surface area contributed by atoms with E-state index in [2.05, 4.69) is 9.63 Å². The highest BCUT2D eigenvalue weighted by Crippen LogP contribution is 2.26. The Kier molecular flexibility index (Phi) is 6.27. The fourth-order valence-corrected chi connectivity index (χ4v) is 1.85. The monoisotopic (exact) mass is 228 g/mol. The van der Waals surface area contributed by atoms with E-state index < -0.39 is 0 Å². The van der Waals surface area contributed by atoms with E-state index >= 15 is 0 Å². The van der Waals surface area contributed by atoms with Crippen molar-refractivity contribution in [3.05, 3.63) is 11.0 Å². The first-order valence-electron chi connectivity index (χ1n) is 5.28. The van der Waals surface area contributed by atoms with Gasteiger partial charge in [0.1, 0.15) is 0 Å². The number of aliphatic hydroxyl groups excluding tert-OH is 1. The van der Waals surface area contributed by atoms with Crippen molar-refractivity contribution in [1.82, 2.24) is 0 Å². The smallest absolute Gasteiger partial charge is 0.303 e. The zero-order valence-electron chi connectivity index (χ0n) is 8.69. The number of carbonyl (C=O) groups excluding carboxylic acids is 1. The van der Waals surface area contributed by atoms with Crippen molar-refractivity contribution in [3.63, 3.8) is 0 Å². The quantitative estimate of drug-likeness (QED) is 0.414. The molecule has 1 N–H and O–H groups in total. The topological polar surface area (TPSA) is 62.0 Å². The highest BCUT2D eigenvalue weighted by atomic mass is 32.2. The number of hydrogen-bond donors (Lipinski definition) is 1. The maximum Gasteiger partial charge on any atom is 0.303 e. The van der Waals surface area contributed by atoms with Gasteiger partial charge in [-0.3, -0.25) is 4.79 Å². The zero-order chi connectivity index (χ0) is 10.9. The Morgan fingerprint density at radius 1 is 1.20 bits per heavy atom. The predicted octanol–water partition coefficient (Wildman–Crippen LogP) is 2.84. The second kappa shape index (κ2) is 7.59. The molecule has 0 bridgehead atoms. The predicted molar refractivity (Wildman–Crippen MR) is 60.3 cm³/mol. The van der Waals surface area contributed by atoms with Crippen molar-refractivity contribution in [1.29, 1.82) is 0 Å². The van der Waals surface area contributed by atoms with Crippen LogP contribution in [0.5, 0.6) is 0 Å². The molecule has 0 saturated heterocycles. The van der Waals surface area contributed by atoms with Crippen LogP contribution in [0.1, 0.15) is 38.5 Å². The second-order valence-electron chi connectivity index (χ2n) is 3.43. The van der Waals surface area contributed by atoms with Crippen LogP contribution in [-0.4, -0.2) is 17.6 Å². The fourth-order valence-electron chi connectivity index (χ4n) is 1.33. The molecule has 1 heterocycles. The largest absolute Gasteiger partial charge is 0.396 e. The number of unbranched alkanes of at least 4 members (excludes halogenated alkanes) is 5.